The van der Waals surface area contributed by atoms with Gasteiger partial charge in [0.1, 0.15) is 0 Å². The second kappa shape index (κ2) is 5.86. The Kier molecular flexibility index (Phi) is 4.45. The lowest BCUT2D eigenvalue weighted by molar-refractivity contribution is 0.0871. The molecule has 15 heavy (non-hydrogen) atoms. The van der Waals surface area contributed by atoms with Crippen LogP contribution in [0.5, 0.6) is 0 Å². The first-order chi connectivity index (χ1) is 7.42. The largest absolute Gasteiger partial charge is 0.316 e. The molecule has 2 rings (SSSR count). The number of hydrogen-bond donors (Lipinski definition) is 1. The SMILES string of the molecule is CCCN1CCCCC1C1CCCNC1. The van der Waals surface area contributed by atoms with Crippen molar-refractivity contribution in [3.05, 3.63) is 0 Å². The van der Waals surface area contributed by atoms with Crippen LogP contribution in [0.25, 0.3) is 0 Å². The van der Waals surface area contributed by atoms with Crippen LogP contribution in [0, 0.1) is 5.92 Å². The van der Waals surface area contributed by atoms with Gasteiger partial charge in [-0.05, 0) is 64.2 Å². The van der Waals surface area contributed by atoms with Crippen LogP contribution in [0.1, 0.15) is 45.4 Å². The van der Waals surface area contributed by atoms with Crippen molar-refractivity contribution in [2.24, 2.45) is 5.92 Å². The molecular weight excluding hydrogens is 184 g/mol. The van der Waals surface area contributed by atoms with Gasteiger partial charge in [-0.2, -0.15) is 0 Å². The first kappa shape index (κ1) is 11.4. The Hall–Kier alpha value is -0.0800. The van der Waals surface area contributed by atoms with Gasteiger partial charge in [0, 0.05) is 6.04 Å². The molecule has 0 bridgehead atoms. The van der Waals surface area contributed by atoms with E-state index in [0.717, 1.165) is 12.0 Å². The fraction of sp³-hybridized carbons (Fsp3) is 1.00. The quantitative estimate of drug-likeness (QED) is 0.768. The smallest absolute Gasteiger partial charge is 0.0136 e. The van der Waals surface area contributed by atoms with E-state index in [9.17, 15) is 0 Å². The monoisotopic (exact) mass is 210 g/mol. The Labute approximate surface area is 94.4 Å². The van der Waals surface area contributed by atoms with Gasteiger partial charge in [0.05, 0.1) is 0 Å². The third-order valence-corrected chi connectivity index (χ3v) is 4.05. The molecule has 1 N–H and O–H groups in total. The molecule has 0 aromatic carbocycles. The number of hydrogen-bond acceptors (Lipinski definition) is 2. The van der Waals surface area contributed by atoms with Crippen LogP contribution in [0.4, 0.5) is 0 Å². The molecule has 2 unspecified atom stereocenters. The molecule has 2 aliphatic rings. The van der Waals surface area contributed by atoms with E-state index >= 15 is 0 Å². The topological polar surface area (TPSA) is 15.3 Å². The molecule has 2 aliphatic heterocycles. The summed E-state index contributed by atoms with van der Waals surface area (Å²) in [5.74, 6) is 0.936. The Morgan fingerprint density at radius 1 is 1.20 bits per heavy atom. The molecule has 0 aromatic rings. The minimum Gasteiger partial charge on any atom is -0.316 e. The van der Waals surface area contributed by atoms with Crippen molar-refractivity contribution < 1.29 is 0 Å². The summed E-state index contributed by atoms with van der Waals surface area (Å²) in [5.41, 5.74) is 0. The van der Waals surface area contributed by atoms with Gasteiger partial charge >= 0.3 is 0 Å². The minimum atomic E-state index is 0.895. The van der Waals surface area contributed by atoms with Gasteiger partial charge < -0.3 is 10.2 Å². The van der Waals surface area contributed by atoms with Crippen molar-refractivity contribution in [2.75, 3.05) is 26.2 Å². The third kappa shape index (κ3) is 2.94. The Bertz CT molecular complexity index is 163. The summed E-state index contributed by atoms with van der Waals surface area (Å²) < 4.78 is 0. The van der Waals surface area contributed by atoms with Crippen molar-refractivity contribution in [1.82, 2.24) is 10.2 Å². The maximum Gasteiger partial charge on any atom is 0.0136 e. The predicted molar refractivity (Wildman–Crippen MR) is 65.1 cm³/mol. The molecule has 2 saturated heterocycles. The zero-order valence-electron chi connectivity index (χ0n) is 10.2. The van der Waals surface area contributed by atoms with Gasteiger partial charge in [0.2, 0.25) is 0 Å². The van der Waals surface area contributed by atoms with E-state index in [4.69, 9.17) is 0 Å². The average Bonchev–Trinajstić information content (AvgIpc) is 2.31. The number of nitrogens with zero attached hydrogens (tertiary/aromatic N) is 1. The molecule has 88 valence electrons. The zero-order chi connectivity index (χ0) is 10.5. The summed E-state index contributed by atoms with van der Waals surface area (Å²) in [5, 5.41) is 3.57. The molecule has 0 radical (unpaired) electrons. The van der Waals surface area contributed by atoms with Crippen molar-refractivity contribution in [3.8, 4) is 0 Å². The molecule has 0 aromatic heterocycles. The van der Waals surface area contributed by atoms with Crippen molar-refractivity contribution >= 4 is 0 Å². The molecule has 0 amide bonds. The van der Waals surface area contributed by atoms with E-state index in [1.165, 1.54) is 64.7 Å². The standard InChI is InChI=1S/C13H26N2/c1-2-9-15-10-4-3-7-13(15)12-6-5-8-14-11-12/h12-14H,2-11H2,1H3. The minimum absolute atomic E-state index is 0.895. The van der Waals surface area contributed by atoms with E-state index < -0.39 is 0 Å². The number of nitrogens with one attached hydrogen (secondary N) is 1. The van der Waals surface area contributed by atoms with E-state index in [2.05, 4.69) is 17.1 Å². The van der Waals surface area contributed by atoms with E-state index in [1.807, 2.05) is 0 Å². The fourth-order valence-corrected chi connectivity index (χ4v) is 3.32. The van der Waals surface area contributed by atoms with Crippen molar-refractivity contribution in [3.63, 3.8) is 0 Å². The zero-order valence-corrected chi connectivity index (χ0v) is 10.2. The average molecular weight is 210 g/mol. The lowest BCUT2D eigenvalue weighted by Gasteiger charge is -2.42. The summed E-state index contributed by atoms with van der Waals surface area (Å²) in [6.07, 6.45) is 8.50. The third-order valence-electron chi connectivity index (χ3n) is 4.05. The van der Waals surface area contributed by atoms with Crippen molar-refractivity contribution in [1.29, 1.82) is 0 Å². The summed E-state index contributed by atoms with van der Waals surface area (Å²) >= 11 is 0. The van der Waals surface area contributed by atoms with E-state index in [-0.39, 0.29) is 0 Å². The van der Waals surface area contributed by atoms with Gasteiger partial charge in [-0.1, -0.05) is 13.3 Å². The van der Waals surface area contributed by atoms with Crippen LogP contribution >= 0.6 is 0 Å². The van der Waals surface area contributed by atoms with Gasteiger partial charge in [0.15, 0.2) is 0 Å². The molecule has 2 atom stereocenters. The molecule has 2 nitrogen and oxygen atoms in total. The van der Waals surface area contributed by atoms with Gasteiger partial charge in [0.25, 0.3) is 0 Å². The summed E-state index contributed by atoms with van der Waals surface area (Å²) in [4.78, 5) is 2.77. The Morgan fingerprint density at radius 3 is 2.87 bits per heavy atom. The maximum atomic E-state index is 3.57. The van der Waals surface area contributed by atoms with Gasteiger partial charge in [-0.3, -0.25) is 0 Å². The Balaban J connectivity index is 1.90. The maximum absolute atomic E-state index is 3.57. The molecule has 2 fully saturated rings. The molecule has 0 aliphatic carbocycles. The summed E-state index contributed by atoms with van der Waals surface area (Å²) in [7, 11) is 0. The van der Waals surface area contributed by atoms with Crippen LogP contribution in [0.2, 0.25) is 0 Å². The first-order valence-electron chi connectivity index (χ1n) is 6.86. The number of piperidine rings is 2. The lowest BCUT2D eigenvalue weighted by Crippen LogP contribution is -2.48. The highest BCUT2D eigenvalue weighted by molar-refractivity contribution is 4.86. The highest BCUT2D eigenvalue weighted by Crippen LogP contribution is 2.27. The van der Waals surface area contributed by atoms with Crippen LogP contribution < -0.4 is 5.32 Å². The van der Waals surface area contributed by atoms with Crippen LogP contribution in [0.3, 0.4) is 0 Å². The molecule has 0 saturated carbocycles. The summed E-state index contributed by atoms with van der Waals surface area (Å²) in [6.45, 7) is 7.50. The van der Waals surface area contributed by atoms with E-state index in [0.29, 0.717) is 0 Å². The molecular formula is C13H26N2. The lowest BCUT2D eigenvalue weighted by atomic mass is 9.85. The second-order valence-corrected chi connectivity index (χ2v) is 5.21. The number of rotatable bonds is 3. The van der Waals surface area contributed by atoms with Gasteiger partial charge in [-0.25, -0.2) is 0 Å². The second-order valence-electron chi connectivity index (χ2n) is 5.21. The van der Waals surface area contributed by atoms with Gasteiger partial charge in [-0.15, -0.1) is 0 Å². The van der Waals surface area contributed by atoms with Crippen LogP contribution in [-0.2, 0) is 0 Å². The van der Waals surface area contributed by atoms with E-state index in [1.54, 1.807) is 0 Å². The first-order valence-corrected chi connectivity index (χ1v) is 6.86. The van der Waals surface area contributed by atoms with Crippen LogP contribution in [0.15, 0.2) is 0 Å². The number of likely N-dealkylation sites (tertiary alicyclic amines) is 1. The predicted octanol–water partition coefficient (Wildman–Crippen LogP) is 2.25. The molecule has 0 spiro atoms. The van der Waals surface area contributed by atoms with Crippen LogP contribution in [-0.4, -0.2) is 37.1 Å². The Morgan fingerprint density at radius 2 is 2.13 bits per heavy atom. The fourth-order valence-electron chi connectivity index (χ4n) is 3.32. The molecule has 2 heteroatoms. The highest BCUT2D eigenvalue weighted by Gasteiger charge is 2.29. The van der Waals surface area contributed by atoms with Crippen molar-refractivity contribution in [2.45, 2.75) is 51.5 Å². The summed E-state index contributed by atoms with van der Waals surface area (Å²) in [6, 6.07) is 0.895. The normalized spacial score (nSPS) is 34.2. The molecule has 2 heterocycles. The highest BCUT2D eigenvalue weighted by atomic mass is 15.2.